The summed E-state index contributed by atoms with van der Waals surface area (Å²) in [6, 6.07) is 2.40. The van der Waals surface area contributed by atoms with Crippen LogP contribution in [-0.2, 0) is 13.6 Å². The SMILES string of the molecule is CC(C)n1cc(NCc2ccnn2C)cn1.Cl. The van der Waals surface area contributed by atoms with Crippen molar-refractivity contribution in [3.63, 3.8) is 0 Å². The number of halogens is 1. The van der Waals surface area contributed by atoms with Gasteiger partial charge in [0.15, 0.2) is 0 Å². The van der Waals surface area contributed by atoms with E-state index in [0.29, 0.717) is 6.04 Å². The molecule has 0 radical (unpaired) electrons. The van der Waals surface area contributed by atoms with Crippen LogP contribution < -0.4 is 5.32 Å². The van der Waals surface area contributed by atoms with Crippen LogP contribution in [0.1, 0.15) is 25.6 Å². The minimum Gasteiger partial charge on any atom is -0.377 e. The first-order valence-corrected chi connectivity index (χ1v) is 5.41. The van der Waals surface area contributed by atoms with Crippen molar-refractivity contribution >= 4 is 18.1 Å². The Labute approximate surface area is 107 Å². The largest absolute Gasteiger partial charge is 0.377 e. The van der Waals surface area contributed by atoms with Crippen LogP contribution in [0.5, 0.6) is 0 Å². The fraction of sp³-hybridized carbons (Fsp3) is 0.455. The zero-order valence-electron chi connectivity index (χ0n) is 10.3. The Morgan fingerprint density at radius 2 is 2.12 bits per heavy atom. The van der Waals surface area contributed by atoms with E-state index in [0.717, 1.165) is 17.9 Å². The fourth-order valence-electron chi connectivity index (χ4n) is 1.48. The van der Waals surface area contributed by atoms with Crippen LogP contribution in [0, 0.1) is 0 Å². The highest BCUT2D eigenvalue weighted by atomic mass is 35.5. The number of rotatable bonds is 4. The minimum absolute atomic E-state index is 0. The lowest BCUT2D eigenvalue weighted by Gasteiger charge is -2.05. The topological polar surface area (TPSA) is 47.7 Å². The zero-order chi connectivity index (χ0) is 11.5. The van der Waals surface area contributed by atoms with E-state index in [-0.39, 0.29) is 12.4 Å². The number of nitrogens with zero attached hydrogens (tertiary/aromatic N) is 4. The summed E-state index contributed by atoms with van der Waals surface area (Å²) in [4.78, 5) is 0. The lowest BCUT2D eigenvalue weighted by atomic mass is 10.4. The average Bonchev–Trinajstić information content (AvgIpc) is 2.83. The van der Waals surface area contributed by atoms with Gasteiger partial charge in [-0.05, 0) is 19.9 Å². The van der Waals surface area contributed by atoms with Gasteiger partial charge >= 0.3 is 0 Å². The molecule has 2 rings (SSSR count). The lowest BCUT2D eigenvalue weighted by molar-refractivity contribution is 0.532. The monoisotopic (exact) mass is 255 g/mol. The van der Waals surface area contributed by atoms with Crippen LogP contribution in [0.2, 0.25) is 0 Å². The third-order valence-electron chi connectivity index (χ3n) is 2.53. The van der Waals surface area contributed by atoms with Gasteiger partial charge < -0.3 is 5.32 Å². The van der Waals surface area contributed by atoms with Gasteiger partial charge in [-0.25, -0.2) is 0 Å². The number of aromatic nitrogens is 4. The van der Waals surface area contributed by atoms with E-state index in [1.165, 1.54) is 0 Å². The molecule has 1 N–H and O–H groups in total. The predicted molar refractivity (Wildman–Crippen MR) is 70.4 cm³/mol. The van der Waals surface area contributed by atoms with Crippen molar-refractivity contribution in [1.82, 2.24) is 19.6 Å². The number of hydrogen-bond acceptors (Lipinski definition) is 3. The average molecular weight is 256 g/mol. The lowest BCUT2D eigenvalue weighted by Crippen LogP contribution is -2.05. The maximum Gasteiger partial charge on any atom is 0.0729 e. The summed E-state index contributed by atoms with van der Waals surface area (Å²) < 4.78 is 3.80. The van der Waals surface area contributed by atoms with Gasteiger partial charge in [0.25, 0.3) is 0 Å². The van der Waals surface area contributed by atoms with Crippen LogP contribution in [0.4, 0.5) is 5.69 Å². The van der Waals surface area contributed by atoms with Gasteiger partial charge in [0.05, 0.1) is 24.1 Å². The van der Waals surface area contributed by atoms with Crippen molar-refractivity contribution < 1.29 is 0 Å². The highest BCUT2D eigenvalue weighted by Crippen LogP contribution is 2.11. The van der Waals surface area contributed by atoms with E-state index in [4.69, 9.17) is 0 Å². The van der Waals surface area contributed by atoms with Gasteiger partial charge in [-0.15, -0.1) is 12.4 Å². The van der Waals surface area contributed by atoms with Gasteiger partial charge in [0.2, 0.25) is 0 Å². The summed E-state index contributed by atoms with van der Waals surface area (Å²) in [7, 11) is 1.94. The number of aryl methyl sites for hydroxylation is 1. The van der Waals surface area contributed by atoms with Crippen LogP contribution >= 0.6 is 12.4 Å². The van der Waals surface area contributed by atoms with Crippen molar-refractivity contribution in [3.8, 4) is 0 Å². The third-order valence-corrected chi connectivity index (χ3v) is 2.53. The molecule has 0 aromatic carbocycles. The molecule has 2 aromatic heterocycles. The van der Waals surface area contributed by atoms with Gasteiger partial charge in [-0.1, -0.05) is 0 Å². The molecule has 2 aromatic rings. The molecular weight excluding hydrogens is 238 g/mol. The molecule has 0 saturated carbocycles. The van der Waals surface area contributed by atoms with E-state index in [2.05, 4.69) is 29.4 Å². The second-order valence-corrected chi connectivity index (χ2v) is 4.10. The van der Waals surface area contributed by atoms with Crippen molar-refractivity contribution in [1.29, 1.82) is 0 Å². The molecule has 94 valence electrons. The first kappa shape index (κ1) is 13.6. The quantitative estimate of drug-likeness (QED) is 0.912. The van der Waals surface area contributed by atoms with E-state index in [9.17, 15) is 0 Å². The van der Waals surface area contributed by atoms with E-state index in [1.807, 2.05) is 34.9 Å². The first-order valence-electron chi connectivity index (χ1n) is 5.41. The second-order valence-electron chi connectivity index (χ2n) is 4.10. The normalized spacial score (nSPS) is 10.4. The molecular formula is C11H18ClN5. The number of nitrogens with one attached hydrogen (secondary N) is 1. The summed E-state index contributed by atoms with van der Waals surface area (Å²) in [5, 5.41) is 11.7. The van der Waals surface area contributed by atoms with E-state index in [1.54, 1.807) is 6.20 Å². The third kappa shape index (κ3) is 3.23. The molecule has 17 heavy (non-hydrogen) atoms. The molecule has 0 atom stereocenters. The summed E-state index contributed by atoms with van der Waals surface area (Å²) in [5.74, 6) is 0. The molecule has 2 heterocycles. The van der Waals surface area contributed by atoms with Crippen LogP contribution in [0.25, 0.3) is 0 Å². The Balaban J connectivity index is 0.00000144. The molecule has 5 nitrogen and oxygen atoms in total. The zero-order valence-corrected chi connectivity index (χ0v) is 11.1. The van der Waals surface area contributed by atoms with Gasteiger partial charge in [0, 0.05) is 25.5 Å². The molecule has 0 amide bonds. The Hall–Kier alpha value is -1.49. The smallest absolute Gasteiger partial charge is 0.0729 e. The van der Waals surface area contributed by atoms with Crippen LogP contribution in [-0.4, -0.2) is 19.6 Å². The Morgan fingerprint density at radius 1 is 1.35 bits per heavy atom. The maximum atomic E-state index is 4.27. The van der Waals surface area contributed by atoms with Gasteiger partial charge in [-0.3, -0.25) is 9.36 Å². The van der Waals surface area contributed by atoms with Crippen LogP contribution in [0.3, 0.4) is 0 Å². The Morgan fingerprint density at radius 3 is 2.65 bits per heavy atom. The van der Waals surface area contributed by atoms with Crippen LogP contribution in [0.15, 0.2) is 24.7 Å². The predicted octanol–water partition coefficient (Wildman–Crippen LogP) is 2.23. The molecule has 0 aliphatic carbocycles. The van der Waals surface area contributed by atoms with E-state index < -0.39 is 0 Å². The van der Waals surface area contributed by atoms with E-state index >= 15 is 0 Å². The number of hydrogen-bond donors (Lipinski definition) is 1. The Kier molecular flexibility index (Phi) is 4.57. The standard InChI is InChI=1S/C11H17N5.ClH/c1-9(2)16-8-10(6-14-16)12-7-11-4-5-13-15(11)3;/h4-6,8-9,12H,7H2,1-3H3;1H. The molecule has 0 bridgehead atoms. The molecule has 6 heteroatoms. The molecule has 0 spiro atoms. The summed E-state index contributed by atoms with van der Waals surface area (Å²) in [5.41, 5.74) is 2.19. The van der Waals surface area contributed by atoms with Gasteiger partial charge in [-0.2, -0.15) is 10.2 Å². The maximum absolute atomic E-state index is 4.27. The van der Waals surface area contributed by atoms with Gasteiger partial charge in [0.1, 0.15) is 0 Å². The van der Waals surface area contributed by atoms with Crippen molar-refractivity contribution in [2.24, 2.45) is 7.05 Å². The molecule has 0 aliphatic heterocycles. The van der Waals surface area contributed by atoms with Crippen molar-refractivity contribution in [2.75, 3.05) is 5.32 Å². The molecule has 0 saturated heterocycles. The minimum atomic E-state index is 0. The highest BCUT2D eigenvalue weighted by Gasteiger charge is 2.02. The van der Waals surface area contributed by atoms with Crippen molar-refractivity contribution in [2.45, 2.75) is 26.4 Å². The highest BCUT2D eigenvalue weighted by molar-refractivity contribution is 5.85. The van der Waals surface area contributed by atoms with Crippen molar-refractivity contribution in [3.05, 3.63) is 30.4 Å². The summed E-state index contributed by atoms with van der Waals surface area (Å²) >= 11 is 0. The molecule has 0 aliphatic rings. The Bertz CT molecular complexity index is 460. The molecule has 0 fully saturated rings. The second kappa shape index (κ2) is 5.72. The first-order chi connectivity index (χ1) is 7.66. The summed E-state index contributed by atoms with van der Waals surface area (Å²) in [6.07, 6.45) is 5.66. The summed E-state index contributed by atoms with van der Waals surface area (Å²) in [6.45, 7) is 4.98. The molecule has 0 unspecified atom stereocenters. The fourth-order valence-corrected chi connectivity index (χ4v) is 1.48. The number of anilines is 1.